The molecule has 0 N–H and O–H groups in total. The maximum Gasteiger partial charge on any atom is 0.137 e. The van der Waals surface area contributed by atoms with Crippen LogP contribution in [0.2, 0.25) is 5.15 Å². The van der Waals surface area contributed by atoms with Gasteiger partial charge in [-0.2, -0.15) is 11.3 Å². The van der Waals surface area contributed by atoms with E-state index in [4.69, 9.17) is 11.6 Å². The molecule has 90 valence electrons. The smallest absolute Gasteiger partial charge is 0.137 e. The minimum atomic E-state index is 0.532. The predicted octanol–water partition coefficient (Wildman–Crippen LogP) is 3.44. The lowest BCUT2D eigenvalue weighted by molar-refractivity contribution is 0.872. The number of aryl methyl sites for hydroxylation is 1. The molecule has 0 aliphatic carbocycles. The van der Waals surface area contributed by atoms with E-state index in [1.807, 2.05) is 20.9 Å². The molecule has 2 aromatic heterocycles. The SMILES string of the molecule is Cc1nc(Cl)c(C)c(N(C)Cc2ccsc2)n1. The van der Waals surface area contributed by atoms with Gasteiger partial charge in [-0.25, -0.2) is 9.97 Å². The lowest BCUT2D eigenvalue weighted by atomic mass is 10.3. The van der Waals surface area contributed by atoms with Gasteiger partial charge in [0.2, 0.25) is 0 Å². The van der Waals surface area contributed by atoms with Crippen LogP contribution in [0.5, 0.6) is 0 Å². The van der Waals surface area contributed by atoms with Crippen LogP contribution in [0, 0.1) is 13.8 Å². The highest BCUT2D eigenvalue weighted by Crippen LogP contribution is 2.23. The first-order chi connectivity index (χ1) is 8.08. The largest absolute Gasteiger partial charge is 0.355 e. The molecule has 0 aromatic carbocycles. The van der Waals surface area contributed by atoms with Crippen molar-refractivity contribution >= 4 is 28.8 Å². The van der Waals surface area contributed by atoms with Crippen molar-refractivity contribution in [2.75, 3.05) is 11.9 Å². The second-order valence-electron chi connectivity index (χ2n) is 4.00. The van der Waals surface area contributed by atoms with E-state index in [2.05, 4.69) is 31.7 Å². The Kier molecular flexibility index (Phi) is 3.64. The fourth-order valence-electron chi connectivity index (χ4n) is 1.68. The van der Waals surface area contributed by atoms with Crippen LogP contribution in [0.1, 0.15) is 17.0 Å². The summed E-state index contributed by atoms with van der Waals surface area (Å²) >= 11 is 7.77. The number of thiophene rings is 1. The molecule has 0 saturated heterocycles. The average Bonchev–Trinajstić information content (AvgIpc) is 2.76. The second-order valence-corrected chi connectivity index (χ2v) is 5.14. The summed E-state index contributed by atoms with van der Waals surface area (Å²) in [6, 6.07) is 2.12. The van der Waals surface area contributed by atoms with Gasteiger partial charge in [-0.1, -0.05) is 11.6 Å². The Bertz CT molecular complexity index is 511. The van der Waals surface area contributed by atoms with E-state index in [9.17, 15) is 0 Å². The zero-order chi connectivity index (χ0) is 12.4. The number of halogens is 1. The second kappa shape index (κ2) is 5.02. The van der Waals surface area contributed by atoms with Gasteiger partial charge >= 0.3 is 0 Å². The molecule has 2 heterocycles. The van der Waals surface area contributed by atoms with Gasteiger partial charge in [-0.3, -0.25) is 0 Å². The minimum absolute atomic E-state index is 0.532. The fourth-order valence-corrected chi connectivity index (χ4v) is 2.55. The molecule has 17 heavy (non-hydrogen) atoms. The number of aromatic nitrogens is 2. The molecular weight excluding hydrogens is 254 g/mol. The van der Waals surface area contributed by atoms with Crippen LogP contribution < -0.4 is 4.90 Å². The Balaban J connectivity index is 2.27. The van der Waals surface area contributed by atoms with Gasteiger partial charge in [0, 0.05) is 19.2 Å². The molecule has 3 nitrogen and oxygen atoms in total. The van der Waals surface area contributed by atoms with Crippen molar-refractivity contribution < 1.29 is 0 Å². The van der Waals surface area contributed by atoms with Gasteiger partial charge in [0.25, 0.3) is 0 Å². The van der Waals surface area contributed by atoms with E-state index >= 15 is 0 Å². The lowest BCUT2D eigenvalue weighted by Gasteiger charge is -2.20. The van der Waals surface area contributed by atoms with Gasteiger partial charge in [0.1, 0.15) is 16.8 Å². The molecule has 0 aliphatic rings. The maximum absolute atomic E-state index is 6.07. The first-order valence-electron chi connectivity index (χ1n) is 5.31. The van der Waals surface area contributed by atoms with Crippen molar-refractivity contribution in [2.45, 2.75) is 20.4 Å². The molecule has 0 fully saturated rings. The lowest BCUT2D eigenvalue weighted by Crippen LogP contribution is -2.19. The van der Waals surface area contributed by atoms with Crippen LogP contribution in [-0.4, -0.2) is 17.0 Å². The van der Waals surface area contributed by atoms with Gasteiger partial charge in [-0.05, 0) is 36.2 Å². The first-order valence-corrected chi connectivity index (χ1v) is 6.63. The summed E-state index contributed by atoms with van der Waals surface area (Å²) in [7, 11) is 2.02. The molecule has 0 radical (unpaired) electrons. The van der Waals surface area contributed by atoms with E-state index in [0.29, 0.717) is 11.0 Å². The summed E-state index contributed by atoms with van der Waals surface area (Å²) in [6.45, 7) is 4.63. The van der Waals surface area contributed by atoms with Crippen LogP contribution in [0.25, 0.3) is 0 Å². The van der Waals surface area contributed by atoms with Crippen LogP contribution in [0.3, 0.4) is 0 Å². The van der Waals surface area contributed by atoms with E-state index < -0.39 is 0 Å². The fraction of sp³-hybridized carbons (Fsp3) is 0.333. The van der Waals surface area contributed by atoms with Gasteiger partial charge in [0.05, 0.1) is 0 Å². The third kappa shape index (κ3) is 2.76. The molecule has 0 aliphatic heterocycles. The Morgan fingerprint density at radius 2 is 2.12 bits per heavy atom. The standard InChI is InChI=1S/C12H14ClN3S/c1-8-11(13)14-9(2)15-12(8)16(3)6-10-4-5-17-7-10/h4-5,7H,6H2,1-3H3. The number of anilines is 1. The molecule has 0 saturated carbocycles. The normalized spacial score (nSPS) is 10.6. The van der Waals surface area contributed by atoms with Crippen molar-refractivity contribution in [1.29, 1.82) is 0 Å². The van der Waals surface area contributed by atoms with Crippen molar-refractivity contribution in [1.82, 2.24) is 9.97 Å². The summed E-state index contributed by atoms with van der Waals surface area (Å²) in [6.07, 6.45) is 0. The summed E-state index contributed by atoms with van der Waals surface area (Å²) < 4.78 is 0. The molecule has 0 atom stereocenters. The molecule has 0 unspecified atom stereocenters. The number of nitrogens with zero attached hydrogens (tertiary/aromatic N) is 3. The average molecular weight is 268 g/mol. The van der Waals surface area contributed by atoms with Crippen molar-refractivity contribution in [3.63, 3.8) is 0 Å². The maximum atomic E-state index is 6.07. The van der Waals surface area contributed by atoms with E-state index in [1.54, 1.807) is 11.3 Å². The summed E-state index contributed by atoms with van der Waals surface area (Å²) in [5.41, 5.74) is 2.21. The Labute approximate surface area is 110 Å². The van der Waals surface area contributed by atoms with E-state index in [-0.39, 0.29) is 0 Å². The molecule has 5 heteroatoms. The highest BCUT2D eigenvalue weighted by atomic mass is 35.5. The number of hydrogen-bond acceptors (Lipinski definition) is 4. The molecule has 0 bridgehead atoms. The number of hydrogen-bond donors (Lipinski definition) is 0. The molecule has 0 amide bonds. The third-order valence-corrected chi connectivity index (χ3v) is 3.63. The quantitative estimate of drug-likeness (QED) is 0.798. The number of rotatable bonds is 3. The van der Waals surface area contributed by atoms with Crippen molar-refractivity contribution in [3.8, 4) is 0 Å². The zero-order valence-corrected chi connectivity index (χ0v) is 11.6. The van der Waals surface area contributed by atoms with E-state index in [1.165, 1.54) is 5.56 Å². The summed E-state index contributed by atoms with van der Waals surface area (Å²) in [5, 5.41) is 4.75. The highest BCUT2D eigenvalue weighted by Gasteiger charge is 2.12. The minimum Gasteiger partial charge on any atom is -0.355 e. The molecule has 2 aromatic rings. The monoisotopic (exact) mass is 267 g/mol. The molecular formula is C12H14ClN3S. The third-order valence-electron chi connectivity index (χ3n) is 2.53. The van der Waals surface area contributed by atoms with Crippen LogP contribution in [0.15, 0.2) is 16.8 Å². The van der Waals surface area contributed by atoms with Crippen LogP contribution in [0.4, 0.5) is 5.82 Å². The van der Waals surface area contributed by atoms with Crippen LogP contribution in [-0.2, 0) is 6.54 Å². The Hall–Kier alpha value is -1.13. The molecule has 0 spiro atoms. The van der Waals surface area contributed by atoms with E-state index in [0.717, 1.165) is 17.9 Å². The molecule has 2 rings (SSSR count). The topological polar surface area (TPSA) is 29.0 Å². The first kappa shape index (κ1) is 12.3. The van der Waals surface area contributed by atoms with Gasteiger partial charge in [-0.15, -0.1) is 0 Å². The Morgan fingerprint density at radius 3 is 2.76 bits per heavy atom. The summed E-state index contributed by atoms with van der Waals surface area (Å²) in [5.74, 6) is 1.60. The highest BCUT2D eigenvalue weighted by molar-refractivity contribution is 7.07. The van der Waals surface area contributed by atoms with Gasteiger partial charge in [0.15, 0.2) is 0 Å². The zero-order valence-electron chi connectivity index (χ0n) is 10.1. The van der Waals surface area contributed by atoms with Crippen LogP contribution >= 0.6 is 22.9 Å². The Morgan fingerprint density at radius 1 is 1.35 bits per heavy atom. The van der Waals surface area contributed by atoms with Crippen molar-refractivity contribution in [2.24, 2.45) is 0 Å². The summed E-state index contributed by atoms with van der Waals surface area (Å²) in [4.78, 5) is 10.7. The van der Waals surface area contributed by atoms with Gasteiger partial charge < -0.3 is 4.90 Å². The van der Waals surface area contributed by atoms with Crippen molar-refractivity contribution in [3.05, 3.63) is 38.9 Å². The predicted molar refractivity (Wildman–Crippen MR) is 72.9 cm³/mol.